The first kappa shape index (κ1) is 17.4. The Morgan fingerprint density at radius 1 is 1.12 bits per heavy atom. The van der Waals surface area contributed by atoms with Crippen molar-refractivity contribution >= 4 is 47.0 Å². The normalized spacial score (nSPS) is 14.3. The molecular formula is C16H15Cl2N5O2. The van der Waals surface area contributed by atoms with Gasteiger partial charge in [-0.05, 0) is 18.2 Å². The molecular weight excluding hydrogens is 365 g/mol. The SMILES string of the molecule is O=CN1CCN(C(=O)c2cnc(Nc3ccc(Cl)cc3Cl)cn2)CC1. The van der Waals surface area contributed by atoms with Gasteiger partial charge in [0.15, 0.2) is 0 Å². The van der Waals surface area contributed by atoms with Crippen molar-refractivity contribution in [3.8, 4) is 0 Å². The molecule has 1 aliphatic heterocycles. The second-order valence-electron chi connectivity index (χ2n) is 5.47. The van der Waals surface area contributed by atoms with Gasteiger partial charge in [0, 0.05) is 31.2 Å². The first-order valence-corrected chi connectivity index (χ1v) is 8.35. The Hall–Kier alpha value is -2.38. The summed E-state index contributed by atoms with van der Waals surface area (Å²) in [6, 6.07) is 5.06. The van der Waals surface area contributed by atoms with Crippen LogP contribution in [0.3, 0.4) is 0 Å². The van der Waals surface area contributed by atoms with Crippen LogP contribution in [0, 0.1) is 0 Å². The molecule has 0 atom stereocenters. The van der Waals surface area contributed by atoms with E-state index in [-0.39, 0.29) is 11.6 Å². The molecule has 1 N–H and O–H groups in total. The van der Waals surface area contributed by atoms with Crippen molar-refractivity contribution < 1.29 is 9.59 Å². The van der Waals surface area contributed by atoms with Crippen LogP contribution in [-0.4, -0.2) is 58.3 Å². The summed E-state index contributed by atoms with van der Waals surface area (Å²) >= 11 is 12.0. The average Bonchev–Trinajstić information content (AvgIpc) is 2.64. The Labute approximate surface area is 154 Å². The van der Waals surface area contributed by atoms with Gasteiger partial charge in [-0.3, -0.25) is 9.59 Å². The van der Waals surface area contributed by atoms with Gasteiger partial charge in [0.2, 0.25) is 6.41 Å². The zero-order chi connectivity index (χ0) is 17.8. The molecule has 2 amide bonds. The van der Waals surface area contributed by atoms with Gasteiger partial charge in [-0.15, -0.1) is 0 Å². The van der Waals surface area contributed by atoms with E-state index in [4.69, 9.17) is 23.2 Å². The molecule has 0 aliphatic carbocycles. The molecule has 2 heterocycles. The minimum absolute atomic E-state index is 0.200. The van der Waals surface area contributed by atoms with Crippen molar-refractivity contribution in [3.05, 3.63) is 46.3 Å². The van der Waals surface area contributed by atoms with Crippen LogP contribution in [0.4, 0.5) is 11.5 Å². The van der Waals surface area contributed by atoms with E-state index in [1.54, 1.807) is 28.0 Å². The fraction of sp³-hybridized carbons (Fsp3) is 0.250. The molecule has 1 saturated heterocycles. The third-order valence-corrected chi connectivity index (χ3v) is 4.36. The van der Waals surface area contributed by atoms with E-state index in [0.29, 0.717) is 47.7 Å². The van der Waals surface area contributed by atoms with Crippen LogP contribution in [0.1, 0.15) is 10.5 Å². The standard InChI is InChI=1S/C16H15Cl2N5O2/c17-11-1-2-13(12(18)7-11)21-15-9-19-14(8-20-15)16(25)23-5-3-22(10-24)4-6-23/h1-2,7-10H,3-6H2,(H,20,21). The van der Waals surface area contributed by atoms with Crippen LogP contribution in [0.5, 0.6) is 0 Å². The summed E-state index contributed by atoms with van der Waals surface area (Å²) in [7, 11) is 0. The highest BCUT2D eigenvalue weighted by Crippen LogP contribution is 2.27. The van der Waals surface area contributed by atoms with E-state index in [9.17, 15) is 9.59 Å². The number of carbonyl (C=O) groups is 2. The number of rotatable bonds is 4. The number of halogens is 2. The number of anilines is 2. The predicted molar refractivity (Wildman–Crippen MR) is 95.3 cm³/mol. The van der Waals surface area contributed by atoms with Crippen molar-refractivity contribution in [2.75, 3.05) is 31.5 Å². The number of hydrogen-bond donors (Lipinski definition) is 1. The molecule has 0 unspecified atom stereocenters. The first-order chi connectivity index (χ1) is 12.1. The second kappa shape index (κ2) is 7.67. The van der Waals surface area contributed by atoms with E-state index in [0.717, 1.165) is 6.41 Å². The minimum atomic E-state index is -0.200. The van der Waals surface area contributed by atoms with Gasteiger partial charge >= 0.3 is 0 Å². The maximum Gasteiger partial charge on any atom is 0.274 e. The van der Waals surface area contributed by atoms with E-state index in [2.05, 4.69) is 15.3 Å². The Balaban J connectivity index is 1.65. The molecule has 130 valence electrons. The van der Waals surface area contributed by atoms with Crippen LogP contribution in [0.15, 0.2) is 30.6 Å². The molecule has 9 heteroatoms. The molecule has 25 heavy (non-hydrogen) atoms. The largest absolute Gasteiger partial charge is 0.342 e. The van der Waals surface area contributed by atoms with Gasteiger partial charge in [0.1, 0.15) is 11.5 Å². The minimum Gasteiger partial charge on any atom is -0.342 e. The highest BCUT2D eigenvalue weighted by molar-refractivity contribution is 6.36. The maximum absolute atomic E-state index is 12.4. The molecule has 0 radical (unpaired) electrons. The summed E-state index contributed by atoms with van der Waals surface area (Å²) in [6.07, 6.45) is 3.68. The molecule has 1 aromatic heterocycles. The van der Waals surface area contributed by atoms with Gasteiger partial charge in [0.25, 0.3) is 5.91 Å². The van der Waals surface area contributed by atoms with Gasteiger partial charge < -0.3 is 15.1 Å². The lowest BCUT2D eigenvalue weighted by Crippen LogP contribution is -2.48. The lowest BCUT2D eigenvalue weighted by molar-refractivity contribution is -0.119. The van der Waals surface area contributed by atoms with Crippen LogP contribution in [0.2, 0.25) is 10.0 Å². The highest BCUT2D eigenvalue weighted by atomic mass is 35.5. The molecule has 3 rings (SSSR count). The molecule has 0 saturated carbocycles. The van der Waals surface area contributed by atoms with Crippen molar-refractivity contribution in [1.29, 1.82) is 0 Å². The smallest absolute Gasteiger partial charge is 0.274 e. The Morgan fingerprint density at radius 2 is 1.88 bits per heavy atom. The van der Waals surface area contributed by atoms with E-state index >= 15 is 0 Å². The summed E-state index contributed by atoms with van der Waals surface area (Å²) in [6.45, 7) is 2.02. The summed E-state index contributed by atoms with van der Waals surface area (Å²) in [5, 5.41) is 4.02. The Kier molecular flexibility index (Phi) is 5.35. The van der Waals surface area contributed by atoms with Gasteiger partial charge in [-0.25, -0.2) is 9.97 Å². The van der Waals surface area contributed by atoms with Crippen LogP contribution < -0.4 is 5.32 Å². The van der Waals surface area contributed by atoms with Gasteiger partial charge in [-0.2, -0.15) is 0 Å². The van der Waals surface area contributed by atoms with E-state index < -0.39 is 0 Å². The Morgan fingerprint density at radius 3 is 2.48 bits per heavy atom. The molecule has 1 fully saturated rings. The lowest BCUT2D eigenvalue weighted by Gasteiger charge is -2.32. The number of nitrogens with one attached hydrogen (secondary N) is 1. The van der Waals surface area contributed by atoms with Gasteiger partial charge in [-0.1, -0.05) is 23.2 Å². The predicted octanol–water partition coefficient (Wildman–Crippen LogP) is 2.44. The topological polar surface area (TPSA) is 78.4 Å². The first-order valence-electron chi connectivity index (χ1n) is 7.59. The van der Waals surface area contributed by atoms with Crippen molar-refractivity contribution in [3.63, 3.8) is 0 Å². The molecule has 2 aromatic rings. The van der Waals surface area contributed by atoms with E-state index in [1.807, 2.05) is 0 Å². The monoisotopic (exact) mass is 379 g/mol. The van der Waals surface area contributed by atoms with Crippen molar-refractivity contribution in [1.82, 2.24) is 19.8 Å². The fourth-order valence-electron chi connectivity index (χ4n) is 2.42. The van der Waals surface area contributed by atoms with Gasteiger partial charge in [0.05, 0.1) is 23.1 Å². The van der Waals surface area contributed by atoms with Crippen molar-refractivity contribution in [2.24, 2.45) is 0 Å². The number of hydrogen-bond acceptors (Lipinski definition) is 5. The summed E-state index contributed by atoms with van der Waals surface area (Å²) in [5.41, 5.74) is 0.900. The van der Waals surface area contributed by atoms with Crippen molar-refractivity contribution in [2.45, 2.75) is 0 Å². The number of amides is 2. The number of aromatic nitrogens is 2. The summed E-state index contributed by atoms with van der Waals surface area (Å²) in [4.78, 5) is 34.8. The fourth-order valence-corrected chi connectivity index (χ4v) is 2.88. The number of nitrogens with zero attached hydrogens (tertiary/aromatic N) is 4. The van der Waals surface area contributed by atoms with Crippen LogP contribution in [-0.2, 0) is 4.79 Å². The third-order valence-electron chi connectivity index (χ3n) is 3.82. The molecule has 1 aromatic carbocycles. The third kappa shape index (κ3) is 4.18. The molecule has 0 spiro atoms. The van der Waals surface area contributed by atoms with E-state index in [1.165, 1.54) is 12.4 Å². The number of carbonyl (C=O) groups excluding carboxylic acids is 2. The zero-order valence-electron chi connectivity index (χ0n) is 13.2. The quantitative estimate of drug-likeness (QED) is 0.825. The average molecular weight is 380 g/mol. The molecule has 1 aliphatic rings. The number of benzene rings is 1. The zero-order valence-corrected chi connectivity index (χ0v) is 14.7. The second-order valence-corrected chi connectivity index (χ2v) is 6.31. The summed E-state index contributed by atoms with van der Waals surface area (Å²) in [5.74, 6) is 0.265. The number of piperazine rings is 1. The lowest BCUT2D eigenvalue weighted by atomic mass is 10.3. The highest BCUT2D eigenvalue weighted by Gasteiger charge is 2.22. The Bertz CT molecular complexity index is 777. The molecule has 7 nitrogen and oxygen atoms in total. The maximum atomic E-state index is 12.4. The summed E-state index contributed by atoms with van der Waals surface area (Å²) < 4.78 is 0. The molecule has 0 bridgehead atoms. The van der Waals surface area contributed by atoms with Crippen LogP contribution >= 0.6 is 23.2 Å². The van der Waals surface area contributed by atoms with Crippen LogP contribution in [0.25, 0.3) is 0 Å².